The zero-order valence-corrected chi connectivity index (χ0v) is 18.2. The van der Waals surface area contributed by atoms with Gasteiger partial charge in [-0.3, -0.25) is 4.79 Å². The summed E-state index contributed by atoms with van der Waals surface area (Å²) in [6.07, 6.45) is 0.667. The minimum atomic E-state index is -3.69. The second-order valence-corrected chi connectivity index (χ2v) is 10.4. The number of rotatable bonds is 3. The van der Waals surface area contributed by atoms with Gasteiger partial charge in [0.05, 0.1) is 23.4 Å². The van der Waals surface area contributed by atoms with Crippen molar-refractivity contribution in [3.8, 4) is 16.9 Å². The number of carbonyl (C=O) groups excluding carboxylic acids is 1. The molecular formula is C24H20ClNO4S. The zero-order valence-electron chi connectivity index (χ0n) is 16.6. The molecule has 1 fully saturated rings. The molecule has 31 heavy (non-hydrogen) atoms. The van der Waals surface area contributed by atoms with Crippen LogP contribution in [0.2, 0.25) is 5.02 Å². The number of hydrogen-bond acceptors (Lipinski definition) is 4. The molecule has 5 nitrogen and oxygen atoms in total. The maximum Gasteiger partial charge on any atom is 0.243 e. The van der Waals surface area contributed by atoms with Crippen LogP contribution in [-0.4, -0.2) is 37.2 Å². The van der Waals surface area contributed by atoms with E-state index in [1.165, 1.54) is 4.31 Å². The highest BCUT2D eigenvalue weighted by Crippen LogP contribution is 2.40. The third-order valence-electron chi connectivity index (χ3n) is 5.95. The van der Waals surface area contributed by atoms with E-state index in [0.717, 1.165) is 11.1 Å². The second-order valence-electron chi connectivity index (χ2n) is 8.00. The van der Waals surface area contributed by atoms with Crippen molar-refractivity contribution in [2.75, 3.05) is 13.1 Å². The van der Waals surface area contributed by atoms with E-state index >= 15 is 0 Å². The Morgan fingerprint density at radius 3 is 2.26 bits per heavy atom. The molecule has 3 aromatic carbocycles. The molecule has 0 aromatic heterocycles. The predicted octanol–water partition coefficient (Wildman–Crippen LogP) is 4.81. The topological polar surface area (TPSA) is 63.7 Å². The molecule has 3 aromatic rings. The Balaban J connectivity index is 1.37. The summed E-state index contributed by atoms with van der Waals surface area (Å²) in [6, 6.07) is 21.3. The zero-order chi connectivity index (χ0) is 21.6. The highest BCUT2D eigenvalue weighted by Gasteiger charge is 2.48. The lowest BCUT2D eigenvalue weighted by atomic mass is 9.89. The quantitative estimate of drug-likeness (QED) is 0.571. The van der Waals surface area contributed by atoms with Gasteiger partial charge in [0.25, 0.3) is 0 Å². The number of benzene rings is 3. The van der Waals surface area contributed by atoms with Gasteiger partial charge in [-0.15, -0.1) is 0 Å². The summed E-state index contributed by atoms with van der Waals surface area (Å²) in [6.45, 7) is 0.477. The van der Waals surface area contributed by atoms with Crippen molar-refractivity contribution in [3.63, 3.8) is 0 Å². The average molecular weight is 454 g/mol. The number of nitrogens with zero attached hydrogens (tertiary/aromatic N) is 1. The fourth-order valence-corrected chi connectivity index (χ4v) is 5.94. The van der Waals surface area contributed by atoms with Gasteiger partial charge in [-0.05, 0) is 47.5 Å². The molecule has 1 atom stereocenters. The molecule has 0 radical (unpaired) electrons. The van der Waals surface area contributed by atoms with Crippen LogP contribution >= 0.6 is 11.6 Å². The van der Waals surface area contributed by atoms with E-state index in [1.54, 1.807) is 54.6 Å². The molecule has 0 bridgehead atoms. The van der Waals surface area contributed by atoms with Crippen LogP contribution in [0.1, 0.15) is 23.2 Å². The maximum absolute atomic E-state index is 13.2. The SMILES string of the molecule is O=C1CC2(CCN(S(=O)(=O)c3ccc(-c4ccc(Cl)cc4)cc3)C2)Oc2ccccc21. The third-order valence-corrected chi connectivity index (χ3v) is 8.06. The molecule has 0 aliphatic carbocycles. The maximum atomic E-state index is 13.2. The summed E-state index contributed by atoms with van der Waals surface area (Å²) in [5.74, 6) is 0.527. The first-order valence-electron chi connectivity index (χ1n) is 10.0. The predicted molar refractivity (Wildman–Crippen MR) is 119 cm³/mol. The fourth-order valence-electron chi connectivity index (χ4n) is 4.29. The van der Waals surface area contributed by atoms with Gasteiger partial charge in [0.15, 0.2) is 5.78 Å². The van der Waals surface area contributed by atoms with Gasteiger partial charge in [0.1, 0.15) is 11.4 Å². The first-order chi connectivity index (χ1) is 14.9. The Hall–Kier alpha value is -2.67. The number of hydrogen-bond donors (Lipinski definition) is 0. The van der Waals surface area contributed by atoms with E-state index in [9.17, 15) is 13.2 Å². The number of ether oxygens (including phenoxy) is 1. The Labute approximate surface area is 186 Å². The lowest BCUT2D eigenvalue weighted by Crippen LogP contribution is -2.45. The molecule has 1 saturated heterocycles. The second kappa shape index (κ2) is 7.48. The molecule has 1 spiro atoms. The molecule has 5 rings (SSSR count). The monoisotopic (exact) mass is 453 g/mol. The number of sulfonamides is 1. The Kier molecular flexibility index (Phi) is 4.88. The molecule has 1 unspecified atom stereocenters. The summed E-state index contributed by atoms with van der Waals surface area (Å²) in [4.78, 5) is 12.8. The third kappa shape index (κ3) is 3.65. The van der Waals surface area contributed by atoms with Crippen molar-refractivity contribution in [2.45, 2.75) is 23.3 Å². The van der Waals surface area contributed by atoms with Crippen LogP contribution in [0.3, 0.4) is 0 Å². The van der Waals surface area contributed by atoms with E-state index in [-0.39, 0.29) is 23.6 Å². The van der Waals surface area contributed by atoms with E-state index in [0.29, 0.717) is 29.3 Å². The van der Waals surface area contributed by atoms with E-state index in [2.05, 4.69) is 0 Å². The summed E-state index contributed by atoms with van der Waals surface area (Å²) in [5, 5.41) is 0.650. The normalized spacial score (nSPS) is 21.1. The molecule has 2 heterocycles. The molecule has 2 aliphatic heterocycles. The van der Waals surface area contributed by atoms with Crippen LogP contribution in [0, 0.1) is 0 Å². The molecule has 7 heteroatoms. The van der Waals surface area contributed by atoms with Gasteiger partial charge in [0, 0.05) is 18.0 Å². The summed E-state index contributed by atoms with van der Waals surface area (Å²) in [5.41, 5.74) is 1.63. The van der Waals surface area contributed by atoms with Crippen molar-refractivity contribution in [1.82, 2.24) is 4.31 Å². The highest BCUT2D eigenvalue weighted by molar-refractivity contribution is 7.89. The van der Waals surface area contributed by atoms with Crippen LogP contribution in [0.15, 0.2) is 77.7 Å². The minimum Gasteiger partial charge on any atom is -0.485 e. The lowest BCUT2D eigenvalue weighted by Gasteiger charge is -2.34. The number of fused-ring (bicyclic) bond motifs is 1. The fraction of sp³-hybridized carbons (Fsp3) is 0.208. The largest absolute Gasteiger partial charge is 0.485 e. The number of carbonyl (C=O) groups is 1. The molecular weight excluding hydrogens is 434 g/mol. The van der Waals surface area contributed by atoms with E-state index in [4.69, 9.17) is 16.3 Å². The van der Waals surface area contributed by atoms with Crippen molar-refractivity contribution in [2.24, 2.45) is 0 Å². The van der Waals surface area contributed by atoms with Crippen LogP contribution in [0.5, 0.6) is 5.75 Å². The van der Waals surface area contributed by atoms with Crippen molar-refractivity contribution in [3.05, 3.63) is 83.4 Å². The first-order valence-corrected chi connectivity index (χ1v) is 11.9. The Morgan fingerprint density at radius 2 is 1.55 bits per heavy atom. The van der Waals surface area contributed by atoms with Crippen LogP contribution < -0.4 is 4.74 Å². The molecule has 0 saturated carbocycles. The van der Waals surface area contributed by atoms with Crippen LogP contribution in [-0.2, 0) is 10.0 Å². The molecule has 158 valence electrons. The van der Waals surface area contributed by atoms with Crippen molar-refractivity contribution >= 4 is 27.4 Å². The standard InChI is InChI=1S/C24H20ClNO4S/c25-19-9-5-17(6-10-19)18-7-11-20(12-8-18)31(28,29)26-14-13-24(16-26)15-22(27)21-3-1-2-4-23(21)30-24/h1-12H,13-16H2. The highest BCUT2D eigenvalue weighted by atomic mass is 35.5. The smallest absolute Gasteiger partial charge is 0.243 e. The van der Waals surface area contributed by atoms with Gasteiger partial charge < -0.3 is 4.74 Å². The molecule has 0 N–H and O–H groups in total. The summed E-state index contributed by atoms with van der Waals surface area (Å²) in [7, 11) is -3.69. The van der Waals surface area contributed by atoms with Gasteiger partial charge in [-0.25, -0.2) is 8.42 Å². The van der Waals surface area contributed by atoms with Gasteiger partial charge in [0.2, 0.25) is 10.0 Å². The summed E-state index contributed by atoms with van der Waals surface area (Å²) < 4.78 is 34.1. The average Bonchev–Trinajstić information content (AvgIpc) is 3.18. The Bertz CT molecular complexity index is 1260. The summed E-state index contributed by atoms with van der Waals surface area (Å²) >= 11 is 5.94. The number of halogens is 1. The van der Waals surface area contributed by atoms with Gasteiger partial charge in [-0.2, -0.15) is 4.31 Å². The lowest BCUT2D eigenvalue weighted by molar-refractivity contribution is 0.0498. The first kappa shape index (κ1) is 20.2. The van der Waals surface area contributed by atoms with E-state index in [1.807, 2.05) is 18.2 Å². The Morgan fingerprint density at radius 1 is 0.903 bits per heavy atom. The number of para-hydroxylation sites is 1. The van der Waals surface area contributed by atoms with Crippen LogP contribution in [0.25, 0.3) is 11.1 Å². The van der Waals surface area contributed by atoms with E-state index < -0.39 is 15.6 Å². The van der Waals surface area contributed by atoms with Gasteiger partial charge >= 0.3 is 0 Å². The van der Waals surface area contributed by atoms with Gasteiger partial charge in [-0.1, -0.05) is 48.0 Å². The number of ketones is 1. The van der Waals surface area contributed by atoms with Crippen molar-refractivity contribution in [1.29, 1.82) is 0 Å². The molecule has 2 aliphatic rings. The minimum absolute atomic E-state index is 0.00610. The van der Waals surface area contributed by atoms with Crippen LogP contribution in [0.4, 0.5) is 0 Å². The van der Waals surface area contributed by atoms with Crippen molar-refractivity contribution < 1.29 is 17.9 Å². The number of Topliss-reactive ketones (excluding diaryl/α,β-unsaturated/α-hetero) is 1. The molecule has 0 amide bonds.